The van der Waals surface area contributed by atoms with Crippen LogP contribution in [0.5, 0.6) is 5.75 Å². The SMILES string of the molecule is COC(=O)c1ccc(C(=O)NCCCOc2cccc3cccnc23)cc1. The van der Waals surface area contributed by atoms with Crippen LogP contribution in [0.25, 0.3) is 10.9 Å². The number of para-hydroxylation sites is 1. The first-order chi connectivity index (χ1) is 13.2. The van der Waals surface area contributed by atoms with Gasteiger partial charge in [-0.2, -0.15) is 0 Å². The third-order valence-corrected chi connectivity index (χ3v) is 4.03. The third-order valence-electron chi connectivity index (χ3n) is 4.03. The van der Waals surface area contributed by atoms with Crippen molar-refractivity contribution in [2.24, 2.45) is 0 Å². The van der Waals surface area contributed by atoms with Gasteiger partial charge in [0.1, 0.15) is 11.3 Å². The fourth-order valence-corrected chi connectivity index (χ4v) is 2.63. The Hall–Kier alpha value is -3.41. The van der Waals surface area contributed by atoms with Gasteiger partial charge in [-0.25, -0.2) is 4.79 Å². The predicted molar refractivity (Wildman–Crippen MR) is 102 cm³/mol. The van der Waals surface area contributed by atoms with Gasteiger partial charge in [-0.05, 0) is 42.8 Å². The molecule has 3 aromatic rings. The number of ether oxygens (including phenoxy) is 2. The topological polar surface area (TPSA) is 77.5 Å². The fourth-order valence-electron chi connectivity index (χ4n) is 2.63. The van der Waals surface area contributed by atoms with Crippen molar-refractivity contribution in [3.63, 3.8) is 0 Å². The highest BCUT2D eigenvalue weighted by Crippen LogP contribution is 2.22. The number of nitrogens with zero attached hydrogens (tertiary/aromatic N) is 1. The van der Waals surface area contributed by atoms with E-state index in [0.29, 0.717) is 30.7 Å². The lowest BCUT2D eigenvalue weighted by molar-refractivity contribution is 0.0600. The molecule has 1 aromatic heterocycles. The highest BCUT2D eigenvalue weighted by Gasteiger charge is 2.08. The molecule has 138 valence electrons. The Morgan fingerprint density at radius 2 is 1.74 bits per heavy atom. The maximum atomic E-state index is 12.1. The zero-order valence-electron chi connectivity index (χ0n) is 15.0. The summed E-state index contributed by atoms with van der Waals surface area (Å²) in [5.41, 5.74) is 1.72. The highest BCUT2D eigenvalue weighted by molar-refractivity contribution is 5.96. The van der Waals surface area contributed by atoms with Crippen molar-refractivity contribution in [1.82, 2.24) is 10.3 Å². The zero-order valence-corrected chi connectivity index (χ0v) is 15.0. The monoisotopic (exact) mass is 364 g/mol. The van der Waals surface area contributed by atoms with Crippen LogP contribution in [0.2, 0.25) is 0 Å². The summed E-state index contributed by atoms with van der Waals surface area (Å²) in [5, 5.41) is 3.86. The van der Waals surface area contributed by atoms with Gasteiger partial charge in [-0.15, -0.1) is 0 Å². The van der Waals surface area contributed by atoms with Crippen LogP contribution in [-0.4, -0.2) is 37.1 Å². The Morgan fingerprint density at radius 3 is 2.52 bits per heavy atom. The number of aromatic nitrogens is 1. The Bertz CT molecular complexity index is 933. The first-order valence-corrected chi connectivity index (χ1v) is 8.62. The number of nitrogens with one attached hydrogen (secondary N) is 1. The van der Waals surface area contributed by atoms with Gasteiger partial charge < -0.3 is 14.8 Å². The van der Waals surface area contributed by atoms with Crippen LogP contribution in [0.4, 0.5) is 0 Å². The van der Waals surface area contributed by atoms with Gasteiger partial charge >= 0.3 is 5.97 Å². The summed E-state index contributed by atoms with van der Waals surface area (Å²) in [6.45, 7) is 0.951. The van der Waals surface area contributed by atoms with Crippen molar-refractivity contribution in [2.45, 2.75) is 6.42 Å². The third kappa shape index (κ3) is 4.61. The smallest absolute Gasteiger partial charge is 0.337 e. The van der Waals surface area contributed by atoms with Gasteiger partial charge in [-0.1, -0.05) is 18.2 Å². The molecular weight excluding hydrogens is 344 g/mol. The van der Waals surface area contributed by atoms with Crippen LogP contribution in [0, 0.1) is 0 Å². The fraction of sp³-hybridized carbons (Fsp3) is 0.190. The molecule has 0 atom stereocenters. The van der Waals surface area contributed by atoms with Crippen LogP contribution < -0.4 is 10.1 Å². The predicted octanol–water partition coefficient (Wildman–Crippen LogP) is 3.22. The van der Waals surface area contributed by atoms with E-state index in [1.54, 1.807) is 30.5 Å². The minimum Gasteiger partial charge on any atom is -0.491 e. The lowest BCUT2D eigenvalue weighted by Gasteiger charge is -2.09. The molecule has 0 fully saturated rings. The molecule has 0 saturated heterocycles. The number of fused-ring (bicyclic) bond motifs is 1. The van der Waals surface area contributed by atoms with Crippen LogP contribution in [-0.2, 0) is 4.74 Å². The number of carbonyl (C=O) groups is 2. The highest BCUT2D eigenvalue weighted by atomic mass is 16.5. The number of benzene rings is 2. The zero-order chi connectivity index (χ0) is 19.1. The lowest BCUT2D eigenvalue weighted by atomic mass is 10.1. The van der Waals surface area contributed by atoms with E-state index in [9.17, 15) is 9.59 Å². The van der Waals surface area contributed by atoms with Crippen molar-refractivity contribution in [1.29, 1.82) is 0 Å². The van der Waals surface area contributed by atoms with E-state index in [2.05, 4.69) is 15.0 Å². The van der Waals surface area contributed by atoms with E-state index in [0.717, 1.165) is 16.7 Å². The van der Waals surface area contributed by atoms with Gasteiger partial charge in [0.25, 0.3) is 5.91 Å². The standard InChI is InChI=1S/C21H20N2O4/c1-26-21(25)17-10-8-16(9-11-17)20(24)23-13-4-14-27-18-7-2-5-15-6-3-12-22-19(15)18/h2-3,5-12H,4,13-14H2,1H3,(H,23,24). The number of carbonyl (C=O) groups excluding carboxylic acids is 2. The molecule has 0 bridgehead atoms. The van der Waals surface area contributed by atoms with E-state index in [1.807, 2.05) is 30.3 Å². The second kappa shape index (κ2) is 8.80. The Morgan fingerprint density at radius 1 is 1.00 bits per heavy atom. The number of methoxy groups -OCH3 is 1. The Kier molecular flexibility index (Phi) is 5.99. The molecule has 0 saturated carbocycles. The molecule has 0 unspecified atom stereocenters. The van der Waals surface area contributed by atoms with Gasteiger partial charge in [0.15, 0.2) is 0 Å². The number of amides is 1. The van der Waals surface area contributed by atoms with Crippen molar-refractivity contribution in [2.75, 3.05) is 20.3 Å². The number of pyridine rings is 1. The average Bonchev–Trinajstić information content (AvgIpc) is 2.73. The van der Waals surface area contributed by atoms with Crippen molar-refractivity contribution in [3.05, 3.63) is 71.9 Å². The maximum Gasteiger partial charge on any atom is 0.337 e. The van der Waals surface area contributed by atoms with Crippen LogP contribution >= 0.6 is 0 Å². The van der Waals surface area contributed by atoms with E-state index < -0.39 is 5.97 Å². The summed E-state index contributed by atoms with van der Waals surface area (Å²) in [6, 6.07) is 16.0. The second-order valence-electron chi connectivity index (χ2n) is 5.86. The number of rotatable bonds is 7. The molecule has 1 heterocycles. The lowest BCUT2D eigenvalue weighted by Crippen LogP contribution is -2.25. The minimum atomic E-state index is -0.429. The summed E-state index contributed by atoms with van der Waals surface area (Å²) in [6.07, 6.45) is 2.40. The van der Waals surface area contributed by atoms with E-state index in [1.165, 1.54) is 7.11 Å². The maximum absolute atomic E-state index is 12.1. The minimum absolute atomic E-state index is 0.196. The molecule has 6 heteroatoms. The second-order valence-corrected chi connectivity index (χ2v) is 5.86. The van der Waals surface area contributed by atoms with E-state index in [-0.39, 0.29) is 5.91 Å². The van der Waals surface area contributed by atoms with Gasteiger partial charge in [-0.3, -0.25) is 9.78 Å². The molecule has 1 amide bonds. The first-order valence-electron chi connectivity index (χ1n) is 8.62. The van der Waals surface area contributed by atoms with Crippen LogP contribution in [0.1, 0.15) is 27.1 Å². The number of hydrogen-bond donors (Lipinski definition) is 1. The first kappa shape index (κ1) is 18.4. The molecule has 3 rings (SSSR count). The van der Waals surface area contributed by atoms with Crippen LogP contribution in [0.3, 0.4) is 0 Å². The molecule has 0 aliphatic heterocycles. The average molecular weight is 364 g/mol. The summed E-state index contributed by atoms with van der Waals surface area (Å²) in [7, 11) is 1.32. The van der Waals surface area contributed by atoms with Crippen molar-refractivity contribution in [3.8, 4) is 5.75 Å². The summed E-state index contributed by atoms with van der Waals surface area (Å²) >= 11 is 0. The summed E-state index contributed by atoms with van der Waals surface area (Å²) in [4.78, 5) is 27.9. The molecule has 1 N–H and O–H groups in total. The molecule has 2 aromatic carbocycles. The number of esters is 1. The van der Waals surface area contributed by atoms with E-state index in [4.69, 9.17) is 4.74 Å². The van der Waals surface area contributed by atoms with E-state index >= 15 is 0 Å². The summed E-state index contributed by atoms with van der Waals surface area (Å²) < 4.78 is 10.4. The molecular formula is C21H20N2O4. The normalized spacial score (nSPS) is 10.4. The van der Waals surface area contributed by atoms with Crippen molar-refractivity contribution < 1.29 is 19.1 Å². The molecule has 0 aliphatic carbocycles. The molecule has 0 spiro atoms. The molecule has 0 radical (unpaired) electrons. The Labute approximate surface area is 157 Å². The van der Waals surface area contributed by atoms with Gasteiger partial charge in [0, 0.05) is 23.7 Å². The quantitative estimate of drug-likeness (QED) is 0.514. The largest absolute Gasteiger partial charge is 0.491 e. The molecule has 27 heavy (non-hydrogen) atoms. The van der Waals surface area contributed by atoms with Gasteiger partial charge in [0.05, 0.1) is 19.3 Å². The molecule has 0 aliphatic rings. The van der Waals surface area contributed by atoms with Crippen molar-refractivity contribution >= 4 is 22.8 Å². The molecule has 6 nitrogen and oxygen atoms in total. The summed E-state index contributed by atoms with van der Waals surface area (Å²) in [5.74, 6) is 0.109. The Balaban J connectivity index is 1.46. The number of hydrogen-bond acceptors (Lipinski definition) is 5. The van der Waals surface area contributed by atoms with Crippen LogP contribution in [0.15, 0.2) is 60.8 Å². The van der Waals surface area contributed by atoms with Gasteiger partial charge in [0.2, 0.25) is 0 Å².